The summed E-state index contributed by atoms with van der Waals surface area (Å²) >= 11 is 6.38. The zero-order valence-electron chi connectivity index (χ0n) is 19.8. The lowest BCUT2D eigenvalue weighted by Gasteiger charge is -2.29. The number of anilines is 1. The maximum absolute atomic E-state index is 13.5. The second-order valence-corrected chi connectivity index (χ2v) is 11.1. The molecule has 0 saturated heterocycles. The van der Waals surface area contributed by atoms with Crippen LogP contribution >= 0.6 is 11.6 Å². The maximum atomic E-state index is 13.5. The molecule has 1 aromatic carbocycles. The van der Waals surface area contributed by atoms with Crippen molar-refractivity contribution >= 4 is 38.6 Å². The van der Waals surface area contributed by atoms with Crippen LogP contribution in [0.5, 0.6) is 0 Å². The molecule has 0 amide bonds. The number of sulfonamides is 1. The van der Waals surface area contributed by atoms with Gasteiger partial charge in [0.2, 0.25) is 16.0 Å². The van der Waals surface area contributed by atoms with Crippen LogP contribution in [0, 0.1) is 0 Å². The Morgan fingerprint density at radius 1 is 1.14 bits per heavy atom. The van der Waals surface area contributed by atoms with Crippen LogP contribution in [-0.4, -0.2) is 47.9 Å². The summed E-state index contributed by atoms with van der Waals surface area (Å²) in [5, 5.41) is 4.54. The summed E-state index contributed by atoms with van der Waals surface area (Å²) in [4.78, 5) is 22.6. The van der Waals surface area contributed by atoms with E-state index in [-0.39, 0.29) is 24.4 Å². The van der Waals surface area contributed by atoms with Crippen molar-refractivity contribution in [3.63, 3.8) is 0 Å². The summed E-state index contributed by atoms with van der Waals surface area (Å²) < 4.78 is 32.9. The minimum absolute atomic E-state index is 0.0512. The molecule has 0 bridgehead atoms. The SMILES string of the molecule is CCCOCn1c(=O)c(-c2ccccc2Cl)cc2cnc(NC3CCC(NS(C)(=O)=O)CC3)nc21. The van der Waals surface area contributed by atoms with E-state index in [1.807, 2.05) is 25.1 Å². The monoisotopic (exact) mass is 519 g/mol. The van der Waals surface area contributed by atoms with Gasteiger partial charge in [0, 0.05) is 46.4 Å². The minimum atomic E-state index is -3.22. The van der Waals surface area contributed by atoms with E-state index in [9.17, 15) is 13.2 Å². The summed E-state index contributed by atoms with van der Waals surface area (Å²) in [5.74, 6) is 0.422. The number of fused-ring (bicyclic) bond motifs is 1. The van der Waals surface area contributed by atoms with Crippen LogP contribution in [0.2, 0.25) is 5.02 Å². The highest BCUT2D eigenvalue weighted by atomic mass is 35.5. The molecule has 1 fully saturated rings. The van der Waals surface area contributed by atoms with Gasteiger partial charge in [-0.15, -0.1) is 0 Å². The third-order valence-corrected chi connectivity index (χ3v) is 7.09. The number of hydrogen-bond donors (Lipinski definition) is 2. The molecule has 0 radical (unpaired) electrons. The molecule has 1 aliphatic carbocycles. The number of pyridine rings is 1. The van der Waals surface area contributed by atoms with Crippen LogP contribution in [0.1, 0.15) is 39.0 Å². The van der Waals surface area contributed by atoms with E-state index in [2.05, 4.69) is 20.0 Å². The van der Waals surface area contributed by atoms with Gasteiger partial charge in [-0.1, -0.05) is 36.7 Å². The predicted octanol–water partition coefficient (Wildman–Crippen LogP) is 3.77. The first-order valence-corrected chi connectivity index (χ1v) is 14.0. The Labute approximate surface area is 209 Å². The summed E-state index contributed by atoms with van der Waals surface area (Å²) in [7, 11) is -3.22. The summed E-state index contributed by atoms with van der Waals surface area (Å²) in [6, 6.07) is 9.05. The normalized spacial score (nSPS) is 18.6. The fraction of sp³-hybridized carbons (Fsp3) is 0.458. The van der Waals surface area contributed by atoms with Gasteiger partial charge in [-0.25, -0.2) is 18.1 Å². The van der Waals surface area contributed by atoms with Crippen molar-refractivity contribution in [1.82, 2.24) is 19.3 Å². The van der Waals surface area contributed by atoms with Crippen LogP contribution < -0.4 is 15.6 Å². The molecule has 188 valence electrons. The highest BCUT2D eigenvalue weighted by Gasteiger charge is 2.24. The molecule has 1 saturated carbocycles. The predicted molar refractivity (Wildman–Crippen MR) is 138 cm³/mol. The van der Waals surface area contributed by atoms with Gasteiger partial charge in [0.1, 0.15) is 12.4 Å². The van der Waals surface area contributed by atoms with E-state index in [1.54, 1.807) is 18.3 Å². The van der Waals surface area contributed by atoms with E-state index in [0.717, 1.165) is 32.1 Å². The quantitative estimate of drug-likeness (QED) is 0.413. The van der Waals surface area contributed by atoms with Crippen molar-refractivity contribution in [1.29, 1.82) is 0 Å². The average Bonchev–Trinajstić information content (AvgIpc) is 2.81. The van der Waals surface area contributed by atoms with Gasteiger partial charge >= 0.3 is 0 Å². The molecule has 2 aromatic heterocycles. The first-order chi connectivity index (χ1) is 16.7. The smallest absolute Gasteiger partial charge is 0.262 e. The van der Waals surface area contributed by atoms with Gasteiger partial charge in [-0.3, -0.25) is 9.36 Å². The van der Waals surface area contributed by atoms with E-state index < -0.39 is 10.0 Å². The Hall–Kier alpha value is -2.53. The van der Waals surface area contributed by atoms with Crippen LogP contribution in [0.4, 0.5) is 5.95 Å². The summed E-state index contributed by atoms with van der Waals surface area (Å²) in [5.41, 5.74) is 1.35. The second-order valence-electron chi connectivity index (χ2n) is 8.86. The molecule has 3 aromatic rings. The molecular formula is C24H30ClN5O4S. The van der Waals surface area contributed by atoms with Crippen molar-refractivity contribution in [3.8, 4) is 11.1 Å². The molecule has 0 spiro atoms. The lowest BCUT2D eigenvalue weighted by atomic mass is 9.92. The first kappa shape index (κ1) is 25.6. The van der Waals surface area contributed by atoms with Crippen molar-refractivity contribution in [2.75, 3.05) is 18.2 Å². The topological polar surface area (TPSA) is 115 Å². The Balaban J connectivity index is 1.62. The van der Waals surface area contributed by atoms with Crippen LogP contribution in [0.25, 0.3) is 22.2 Å². The molecule has 35 heavy (non-hydrogen) atoms. The van der Waals surface area contributed by atoms with Crippen molar-refractivity contribution in [2.24, 2.45) is 0 Å². The maximum Gasteiger partial charge on any atom is 0.262 e. The van der Waals surface area contributed by atoms with E-state index in [0.29, 0.717) is 39.7 Å². The third-order valence-electron chi connectivity index (χ3n) is 6.00. The van der Waals surface area contributed by atoms with E-state index >= 15 is 0 Å². The second kappa shape index (κ2) is 11.0. The number of halogens is 1. The molecule has 2 heterocycles. The zero-order chi connectivity index (χ0) is 25.0. The van der Waals surface area contributed by atoms with Crippen LogP contribution in [0.3, 0.4) is 0 Å². The molecule has 9 nitrogen and oxygen atoms in total. The van der Waals surface area contributed by atoms with Gasteiger partial charge in [-0.2, -0.15) is 4.98 Å². The third kappa shape index (κ3) is 6.38. The molecule has 1 aliphatic rings. The van der Waals surface area contributed by atoms with Crippen LogP contribution in [0.15, 0.2) is 41.3 Å². The number of nitrogens with one attached hydrogen (secondary N) is 2. The van der Waals surface area contributed by atoms with E-state index in [4.69, 9.17) is 16.3 Å². The van der Waals surface area contributed by atoms with Gasteiger partial charge in [0.15, 0.2) is 0 Å². The molecule has 0 unspecified atom stereocenters. The summed E-state index contributed by atoms with van der Waals surface area (Å²) in [6.07, 6.45) is 6.73. The number of ether oxygens (including phenoxy) is 1. The average molecular weight is 520 g/mol. The lowest BCUT2D eigenvalue weighted by Crippen LogP contribution is -2.39. The largest absolute Gasteiger partial charge is 0.361 e. The highest BCUT2D eigenvalue weighted by Crippen LogP contribution is 2.28. The van der Waals surface area contributed by atoms with Gasteiger partial charge in [0.25, 0.3) is 5.56 Å². The fourth-order valence-electron chi connectivity index (χ4n) is 4.36. The molecule has 2 N–H and O–H groups in total. The molecular weight excluding hydrogens is 490 g/mol. The Kier molecular flexibility index (Phi) is 8.05. The Morgan fingerprint density at radius 2 is 1.86 bits per heavy atom. The molecule has 0 aliphatic heterocycles. The number of rotatable bonds is 9. The number of aromatic nitrogens is 3. The number of nitrogens with zero attached hydrogens (tertiary/aromatic N) is 3. The van der Waals surface area contributed by atoms with Gasteiger partial charge in [0.05, 0.1) is 6.26 Å². The molecule has 0 atom stereocenters. The van der Waals surface area contributed by atoms with Crippen LogP contribution in [-0.2, 0) is 21.5 Å². The first-order valence-electron chi connectivity index (χ1n) is 11.7. The minimum Gasteiger partial charge on any atom is -0.361 e. The van der Waals surface area contributed by atoms with Crippen molar-refractivity contribution in [3.05, 3.63) is 51.9 Å². The number of benzene rings is 1. The van der Waals surface area contributed by atoms with Crippen molar-refractivity contribution < 1.29 is 13.2 Å². The highest BCUT2D eigenvalue weighted by molar-refractivity contribution is 7.88. The zero-order valence-corrected chi connectivity index (χ0v) is 21.4. The molecule has 11 heteroatoms. The molecule has 4 rings (SSSR count). The van der Waals surface area contributed by atoms with Gasteiger partial charge < -0.3 is 10.1 Å². The van der Waals surface area contributed by atoms with Crippen molar-refractivity contribution in [2.45, 2.75) is 57.8 Å². The number of hydrogen-bond acceptors (Lipinski definition) is 7. The Morgan fingerprint density at radius 3 is 2.54 bits per heavy atom. The summed E-state index contributed by atoms with van der Waals surface area (Å²) in [6.45, 7) is 2.59. The van der Waals surface area contributed by atoms with E-state index in [1.165, 1.54) is 10.8 Å². The standard InChI is InChI=1S/C24H30ClN5O4S/c1-3-12-34-15-30-22-16(13-20(23(30)31)19-6-4-5-7-21(19)25)14-26-24(28-22)27-17-8-10-18(11-9-17)29-35(2,32)33/h4-7,13-14,17-18,29H,3,8-12,15H2,1-2H3,(H,26,27,28). The van der Waals surface area contributed by atoms with Gasteiger partial charge in [-0.05, 0) is 44.2 Å². The lowest BCUT2D eigenvalue weighted by molar-refractivity contribution is 0.0779. The Bertz CT molecular complexity index is 1350. The fourth-order valence-corrected chi connectivity index (χ4v) is 5.44.